The summed E-state index contributed by atoms with van der Waals surface area (Å²) in [7, 11) is 0. The van der Waals surface area contributed by atoms with Gasteiger partial charge in [-0.15, -0.1) is 0 Å². The predicted octanol–water partition coefficient (Wildman–Crippen LogP) is 2.33. The van der Waals surface area contributed by atoms with Crippen LogP contribution in [0, 0.1) is 17.1 Å². The third-order valence-corrected chi connectivity index (χ3v) is 1.88. The molecule has 2 nitrogen and oxygen atoms in total. The Labute approximate surface area is 76.2 Å². The number of hydrogen-bond donors (Lipinski definition) is 1. The first-order chi connectivity index (χ1) is 5.95. The number of nitrogens with zero attached hydrogens (tertiary/aromatic N) is 1. The van der Waals surface area contributed by atoms with E-state index in [9.17, 15) is 4.39 Å². The number of halogens is 1. The highest BCUT2D eigenvalue weighted by molar-refractivity contribution is 5.36. The van der Waals surface area contributed by atoms with Gasteiger partial charge in [0.2, 0.25) is 0 Å². The molecule has 1 aromatic rings. The first-order valence-electron chi connectivity index (χ1n) is 3.87. The highest BCUT2D eigenvalue weighted by atomic mass is 19.1. The van der Waals surface area contributed by atoms with Crippen LogP contribution in [0.2, 0.25) is 0 Å². The molecule has 0 aliphatic carbocycles. The number of aromatic hydroxyl groups is 1. The average Bonchev–Trinajstić information content (AvgIpc) is 2.02. The minimum atomic E-state index is -0.778. The molecule has 68 valence electrons. The Bertz CT molecular complexity index is 345. The van der Waals surface area contributed by atoms with E-state index in [4.69, 9.17) is 10.4 Å². The zero-order valence-corrected chi connectivity index (χ0v) is 7.50. The molecule has 0 fully saturated rings. The minimum Gasteiger partial charge on any atom is -0.508 e. The highest BCUT2D eigenvalue weighted by Crippen LogP contribution is 2.26. The quantitative estimate of drug-likeness (QED) is 0.719. The van der Waals surface area contributed by atoms with E-state index in [2.05, 4.69) is 0 Å². The van der Waals surface area contributed by atoms with Crippen molar-refractivity contribution in [1.29, 1.82) is 5.26 Å². The lowest BCUT2D eigenvalue weighted by Crippen LogP contribution is -2.13. The van der Waals surface area contributed by atoms with Crippen molar-refractivity contribution >= 4 is 0 Å². The molecule has 0 amide bonds. The van der Waals surface area contributed by atoms with E-state index >= 15 is 0 Å². The maximum absolute atomic E-state index is 12.8. The molecule has 0 aromatic heterocycles. The van der Waals surface area contributed by atoms with Crippen LogP contribution < -0.4 is 0 Å². The van der Waals surface area contributed by atoms with Crippen LogP contribution in [-0.4, -0.2) is 5.11 Å². The van der Waals surface area contributed by atoms with Crippen LogP contribution in [0.25, 0.3) is 0 Å². The summed E-state index contributed by atoms with van der Waals surface area (Å²) < 4.78 is 12.8. The predicted molar refractivity (Wildman–Crippen MR) is 46.7 cm³/mol. The molecular formula is C10H10FNO. The molecule has 3 heteroatoms. The van der Waals surface area contributed by atoms with Gasteiger partial charge in [-0.1, -0.05) is 0 Å². The first-order valence-corrected chi connectivity index (χ1v) is 3.87. The van der Waals surface area contributed by atoms with Crippen LogP contribution in [-0.2, 0) is 5.41 Å². The van der Waals surface area contributed by atoms with Gasteiger partial charge in [-0.2, -0.15) is 5.26 Å². The van der Waals surface area contributed by atoms with Gasteiger partial charge in [-0.25, -0.2) is 4.39 Å². The molecule has 0 saturated carbocycles. The normalized spacial score (nSPS) is 10.9. The fourth-order valence-corrected chi connectivity index (χ4v) is 1.000. The minimum absolute atomic E-state index is 0.154. The van der Waals surface area contributed by atoms with Gasteiger partial charge in [0.25, 0.3) is 0 Å². The van der Waals surface area contributed by atoms with Crippen LogP contribution >= 0.6 is 0 Å². The Hall–Kier alpha value is -1.56. The van der Waals surface area contributed by atoms with Crippen LogP contribution in [0.5, 0.6) is 5.75 Å². The van der Waals surface area contributed by atoms with E-state index in [1.165, 1.54) is 12.1 Å². The number of rotatable bonds is 1. The molecule has 13 heavy (non-hydrogen) atoms. The van der Waals surface area contributed by atoms with Crippen molar-refractivity contribution in [2.75, 3.05) is 0 Å². The fraction of sp³-hybridized carbons (Fsp3) is 0.300. The largest absolute Gasteiger partial charge is 0.508 e. The molecule has 1 rings (SSSR count). The monoisotopic (exact) mass is 179 g/mol. The summed E-state index contributed by atoms with van der Waals surface area (Å²) in [5.74, 6) is -0.684. The van der Waals surface area contributed by atoms with Crippen LogP contribution in [0.1, 0.15) is 19.4 Å². The van der Waals surface area contributed by atoms with Gasteiger partial charge in [-0.05, 0) is 31.5 Å². The molecular weight excluding hydrogens is 169 g/mol. The van der Waals surface area contributed by atoms with Crippen molar-refractivity contribution in [3.05, 3.63) is 29.6 Å². The zero-order valence-electron chi connectivity index (χ0n) is 7.50. The lowest BCUT2D eigenvalue weighted by molar-refractivity contribution is 0.466. The number of benzene rings is 1. The standard InChI is InChI=1S/C10H10FNO/c1-10(2,6-12)7-3-8(11)5-9(13)4-7/h3-5,13H,1-2H3. The van der Waals surface area contributed by atoms with Crippen LogP contribution in [0.3, 0.4) is 0 Å². The van der Waals surface area contributed by atoms with Gasteiger partial charge in [-0.3, -0.25) is 0 Å². The van der Waals surface area contributed by atoms with Crippen molar-refractivity contribution < 1.29 is 9.50 Å². The average molecular weight is 179 g/mol. The van der Waals surface area contributed by atoms with E-state index in [0.29, 0.717) is 5.56 Å². The van der Waals surface area contributed by atoms with Crippen molar-refractivity contribution in [3.63, 3.8) is 0 Å². The molecule has 0 unspecified atom stereocenters. The van der Waals surface area contributed by atoms with Crippen LogP contribution in [0.4, 0.5) is 4.39 Å². The van der Waals surface area contributed by atoms with Gasteiger partial charge in [0, 0.05) is 6.07 Å². The van der Waals surface area contributed by atoms with Crippen LogP contribution in [0.15, 0.2) is 18.2 Å². The van der Waals surface area contributed by atoms with Gasteiger partial charge in [0.15, 0.2) is 0 Å². The second kappa shape index (κ2) is 3.06. The SMILES string of the molecule is CC(C)(C#N)c1cc(O)cc(F)c1. The summed E-state index contributed by atoms with van der Waals surface area (Å²) in [6.07, 6.45) is 0. The summed E-state index contributed by atoms with van der Waals surface area (Å²) >= 11 is 0. The number of nitriles is 1. The highest BCUT2D eigenvalue weighted by Gasteiger charge is 2.20. The molecule has 0 aliphatic rings. The molecule has 0 bridgehead atoms. The Morgan fingerprint density at radius 1 is 1.38 bits per heavy atom. The van der Waals surface area contributed by atoms with E-state index in [0.717, 1.165) is 6.07 Å². The van der Waals surface area contributed by atoms with Crippen molar-refractivity contribution in [2.45, 2.75) is 19.3 Å². The summed E-state index contributed by atoms with van der Waals surface area (Å²) in [6, 6.07) is 5.69. The maximum Gasteiger partial charge on any atom is 0.127 e. The van der Waals surface area contributed by atoms with Crippen molar-refractivity contribution in [1.82, 2.24) is 0 Å². The molecule has 1 N–H and O–H groups in total. The lowest BCUT2D eigenvalue weighted by Gasteiger charge is -2.15. The molecule has 0 aliphatic heterocycles. The van der Waals surface area contributed by atoms with Gasteiger partial charge in [0.1, 0.15) is 11.6 Å². The molecule has 0 spiro atoms. The number of hydrogen-bond acceptors (Lipinski definition) is 2. The van der Waals surface area contributed by atoms with Crippen molar-refractivity contribution in [3.8, 4) is 11.8 Å². The lowest BCUT2D eigenvalue weighted by atomic mass is 9.86. The van der Waals surface area contributed by atoms with E-state index in [-0.39, 0.29) is 5.75 Å². The van der Waals surface area contributed by atoms with Gasteiger partial charge in [0.05, 0.1) is 11.5 Å². The molecule has 0 atom stereocenters. The van der Waals surface area contributed by atoms with E-state index in [1.54, 1.807) is 13.8 Å². The fourth-order valence-electron chi connectivity index (χ4n) is 1.000. The Morgan fingerprint density at radius 2 is 2.00 bits per heavy atom. The maximum atomic E-state index is 12.8. The molecule has 0 heterocycles. The zero-order chi connectivity index (χ0) is 10.1. The summed E-state index contributed by atoms with van der Waals surface area (Å²) in [4.78, 5) is 0. The number of phenolic OH excluding ortho intramolecular Hbond substituents is 1. The van der Waals surface area contributed by atoms with E-state index in [1.807, 2.05) is 6.07 Å². The van der Waals surface area contributed by atoms with E-state index < -0.39 is 11.2 Å². The second-order valence-corrected chi connectivity index (χ2v) is 3.43. The van der Waals surface area contributed by atoms with Gasteiger partial charge >= 0.3 is 0 Å². The smallest absolute Gasteiger partial charge is 0.127 e. The first kappa shape index (κ1) is 9.53. The summed E-state index contributed by atoms with van der Waals surface area (Å²) in [5, 5.41) is 17.9. The Kier molecular flexibility index (Phi) is 2.24. The molecule has 1 aromatic carbocycles. The van der Waals surface area contributed by atoms with Gasteiger partial charge < -0.3 is 5.11 Å². The summed E-state index contributed by atoms with van der Waals surface area (Å²) in [6.45, 7) is 3.34. The third-order valence-electron chi connectivity index (χ3n) is 1.88. The molecule has 0 saturated heterocycles. The van der Waals surface area contributed by atoms with Crippen molar-refractivity contribution in [2.24, 2.45) is 0 Å². The third kappa shape index (κ3) is 1.97. The summed E-state index contributed by atoms with van der Waals surface area (Å²) in [5.41, 5.74) is -0.299. The second-order valence-electron chi connectivity index (χ2n) is 3.43. The Morgan fingerprint density at radius 3 is 2.46 bits per heavy atom. The molecule has 0 radical (unpaired) electrons. The Balaban J connectivity index is 3.25. The topological polar surface area (TPSA) is 44.0 Å². The number of phenols is 1.